The lowest BCUT2D eigenvalue weighted by molar-refractivity contribution is 0.169. The molecular formula is C22H30N2O. The van der Waals surface area contributed by atoms with Gasteiger partial charge in [-0.15, -0.1) is 0 Å². The van der Waals surface area contributed by atoms with Gasteiger partial charge in [0.2, 0.25) is 0 Å². The largest absolute Gasteiger partial charge is 0.457 e. The first-order valence-electron chi connectivity index (χ1n) is 9.55. The fourth-order valence-electron chi connectivity index (χ4n) is 3.93. The first-order valence-corrected chi connectivity index (χ1v) is 9.55. The number of piperidine rings is 1. The summed E-state index contributed by atoms with van der Waals surface area (Å²) >= 11 is 0. The second-order valence-electron chi connectivity index (χ2n) is 7.01. The molecule has 0 radical (unpaired) electrons. The van der Waals surface area contributed by atoms with Gasteiger partial charge in [0.15, 0.2) is 0 Å². The molecule has 0 saturated carbocycles. The Morgan fingerprint density at radius 2 is 1.76 bits per heavy atom. The van der Waals surface area contributed by atoms with Gasteiger partial charge in [0.25, 0.3) is 0 Å². The molecule has 3 heteroatoms. The molecule has 0 spiro atoms. The summed E-state index contributed by atoms with van der Waals surface area (Å²) in [5, 5.41) is 0. The second kappa shape index (κ2) is 9.02. The van der Waals surface area contributed by atoms with E-state index in [1.807, 2.05) is 36.4 Å². The Labute approximate surface area is 151 Å². The van der Waals surface area contributed by atoms with Crippen LogP contribution >= 0.6 is 0 Å². The summed E-state index contributed by atoms with van der Waals surface area (Å²) in [5.74, 6) is 2.86. The normalized spacial score (nSPS) is 17.4. The van der Waals surface area contributed by atoms with Crippen LogP contribution in [0.3, 0.4) is 0 Å². The van der Waals surface area contributed by atoms with Crippen LogP contribution in [0.25, 0.3) is 0 Å². The maximum Gasteiger partial charge on any atom is 0.127 e. The number of benzene rings is 2. The van der Waals surface area contributed by atoms with Gasteiger partial charge in [0.1, 0.15) is 11.5 Å². The molecule has 1 unspecified atom stereocenters. The van der Waals surface area contributed by atoms with Crippen LogP contribution in [-0.4, -0.2) is 31.1 Å². The molecule has 1 aliphatic rings. The van der Waals surface area contributed by atoms with Crippen molar-refractivity contribution in [3.05, 3.63) is 60.2 Å². The molecule has 1 fully saturated rings. The average molecular weight is 338 g/mol. The van der Waals surface area contributed by atoms with Crippen LogP contribution in [0.2, 0.25) is 0 Å². The quantitative estimate of drug-likeness (QED) is 0.799. The molecule has 0 aliphatic carbocycles. The van der Waals surface area contributed by atoms with Crippen molar-refractivity contribution in [1.29, 1.82) is 0 Å². The summed E-state index contributed by atoms with van der Waals surface area (Å²) in [6.07, 6.45) is 3.72. The van der Waals surface area contributed by atoms with E-state index in [4.69, 9.17) is 10.5 Å². The number of hydrogen-bond donors (Lipinski definition) is 1. The first-order chi connectivity index (χ1) is 12.3. The molecule has 0 aromatic heterocycles. The molecule has 134 valence electrons. The zero-order valence-electron chi connectivity index (χ0n) is 15.2. The summed E-state index contributed by atoms with van der Waals surface area (Å²) in [6, 6.07) is 18.4. The number of hydrogen-bond acceptors (Lipinski definition) is 3. The van der Waals surface area contributed by atoms with Crippen molar-refractivity contribution in [3.63, 3.8) is 0 Å². The van der Waals surface area contributed by atoms with Crippen LogP contribution in [-0.2, 0) is 0 Å². The zero-order valence-corrected chi connectivity index (χ0v) is 15.2. The summed E-state index contributed by atoms with van der Waals surface area (Å²) in [6.45, 7) is 6.59. The molecule has 0 amide bonds. The Morgan fingerprint density at radius 1 is 1.04 bits per heavy atom. The molecular weight excluding hydrogens is 308 g/mol. The van der Waals surface area contributed by atoms with Crippen molar-refractivity contribution in [2.45, 2.75) is 32.1 Å². The van der Waals surface area contributed by atoms with Gasteiger partial charge in [0, 0.05) is 0 Å². The van der Waals surface area contributed by atoms with Crippen LogP contribution in [0, 0.1) is 5.92 Å². The van der Waals surface area contributed by atoms with Crippen LogP contribution in [0.1, 0.15) is 37.7 Å². The predicted molar refractivity (Wildman–Crippen MR) is 104 cm³/mol. The van der Waals surface area contributed by atoms with Gasteiger partial charge in [0.05, 0.1) is 0 Å². The van der Waals surface area contributed by atoms with E-state index in [1.165, 1.54) is 44.5 Å². The van der Waals surface area contributed by atoms with Crippen LogP contribution in [0.4, 0.5) is 0 Å². The Bertz CT molecular complexity index is 635. The predicted octanol–water partition coefficient (Wildman–Crippen LogP) is 4.64. The van der Waals surface area contributed by atoms with E-state index in [-0.39, 0.29) is 0 Å². The minimum atomic E-state index is 0.420. The SMILES string of the molecule is CCCN1CCC(C(CN)c2cccc(Oc3ccccc3)c2)CC1. The first kappa shape index (κ1) is 18.0. The van der Waals surface area contributed by atoms with Crippen molar-refractivity contribution in [1.82, 2.24) is 4.90 Å². The smallest absolute Gasteiger partial charge is 0.127 e. The van der Waals surface area contributed by atoms with E-state index in [0.717, 1.165) is 11.5 Å². The molecule has 1 atom stereocenters. The maximum atomic E-state index is 6.18. The van der Waals surface area contributed by atoms with Gasteiger partial charge < -0.3 is 15.4 Å². The standard InChI is InChI=1S/C22H30N2O/c1-2-13-24-14-11-18(12-15-24)22(17-23)19-7-6-10-21(16-19)25-20-8-4-3-5-9-20/h3-10,16,18,22H,2,11-15,17,23H2,1H3. The van der Waals surface area contributed by atoms with E-state index >= 15 is 0 Å². The van der Waals surface area contributed by atoms with Gasteiger partial charge in [-0.25, -0.2) is 0 Å². The molecule has 25 heavy (non-hydrogen) atoms. The van der Waals surface area contributed by atoms with E-state index in [9.17, 15) is 0 Å². The lowest BCUT2D eigenvalue weighted by atomic mass is 9.80. The van der Waals surface area contributed by atoms with Gasteiger partial charge in [-0.05, 0) is 87.1 Å². The Morgan fingerprint density at radius 3 is 2.44 bits per heavy atom. The summed E-state index contributed by atoms with van der Waals surface area (Å²) in [5.41, 5.74) is 7.49. The number of nitrogens with two attached hydrogens (primary N) is 1. The zero-order chi connectivity index (χ0) is 17.5. The maximum absolute atomic E-state index is 6.18. The topological polar surface area (TPSA) is 38.5 Å². The van der Waals surface area contributed by atoms with Crippen molar-refractivity contribution in [3.8, 4) is 11.5 Å². The summed E-state index contributed by atoms with van der Waals surface area (Å²) in [4.78, 5) is 2.58. The third-order valence-electron chi connectivity index (χ3n) is 5.26. The highest BCUT2D eigenvalue weighted by Crippen LogP contribution is 2.34. The summed E-state index contributed by atoms with van der Waals surface area (Å²) in [7, 11) is 0. The highest BCUT2D eigenvalue weighted by molar-refractivity contribution is 5.35. The molecule has 1 saturated heterocycles. The molecule has 2 aromatic carbocycles. The molecule has 3 rings (SSSR count). The Balaban J connectivity index is 1.68. The van der Waals surface area contributed by atoms with Gasteiger partial charge in [-0.1, -0.05) is 37.3 Å². The molecule has 2 aromatic rings. The van der Waals surface area contributed by atoms with Crippen LogP contribution in [0.5, 0.6) is 11.5 Å². The van der Waals surface area contributed by atoms with Gasteiger partial charge >= 0.3 is 0 Å². The third-order valence-corrected chi connectivity index (χ3v) is 5.26. The van der Waals surface area contributed by atoms with Crippen LogP contribution in [0.15, 0.2) is 54.6 Å². The fraction of sp³-hybridized carbons (Fsp3) is 0.455. The van der Waals surface area contributed by atoms with Crippen LogP contribution < -0.4 is 10.5 Å². The molecule has 3 nitrogen and oxygen atoms in total. The minimum Gasteiger partial charge on any atom is -0.457 e. The van der Waals surface area contributed by atoms with E-state index in [1.54, 1.807) is 0 Å². The number of para-hydroxylation sites is 1. The lowest BCUT2D eigenvalue weighted by Gasteiger charge is -2.36. The third kappa shape index (κ3) is 4.83. The Hall–Kier alpha value is -1.84. The van der Waals surface area contributed by atoms with Crippen molar-refractivity contribution < 1.29 is 4.74 Å². The summed E-state index contributed by atoms with van der Waals surface area (Å²) < 4.78 is 6.00. The monoisotopic (exact) mass is 338 g/mol. The average Bonchev–Trinajstić information content (AvgIpc) is 2.65. The van der Waals surface area contributed by atoms with Crippen molar-refractivity contribution >= 4 is 0 Å². The van der Waals surface area contributed by atoms with E-state index in [2.05, 4.69) is 30.0 Å². The number of likely N-dealkylation sites (tertiary alicyclic amines) is 1. The fourth-order valence-corrected chi connectivity index (χ4v) is 3.93. The lowest BCUT2D eigenvalue weighted by Crippen LogP contribution is -2.37. The highest BCUT2D eigenvalue weighted by Gasteiger charge is 2.26. The molecule has 1 aliphatic heterocycles. The van der Waals surface area contributed by atoms with E-state index < -0.39 is 0 Å². The van der Waals surface area contributed by atoms with Gasteiger partial charge in [-0.2, -0.15) is 0 Å². The molecule has 2 N–H and O–H groups in total. The number of ether oxygens (including phenoxy) is 1. The highest BCUT2D eigenvalue weighted by atomic mass is 16.5. The number of rotatable bonds is 7. The molecule has 1 heterocycles. The van der Waals surface area contributed by atoms with Crippen molar-refractivity contribution in [2.24, 2.45) is 11.7 Å². The second-order valence-corrected chi connectivity index (χ2v) is 7.01. The van der Waals surface area contributed by atoms with Gasteiger partial charge in [-0.3, -0.25) is 0 Å². The number of nitrogens with zero attached hydrogens (tertiary/aromatic N) is 1. The minimum absolute atomic E-state index is 0.420. The van der Waals surface area contributed by atoms with Crippen molar-refractivity contribution in [2.75, 3.05) is 26.2 Å². The Kier molecular flexibility index (Phi) is 6.48. The molecule has 0 bridgehead atoms. The van der Waals surface area contributed by atoms with E-state index in [0.29, 0.717) is 18.4 Å².